The van der Waals surface area contributed by atoms with Gasteiger partial charge < -0.3 is 10.5 Å². The van der Waals surface area contributed by atoms with Crippen molar-refractivity contribution in [1.29, 1.82) is 0 Å². The minimum atomic E-state index is 0.799. The lowest BCUT2D eigenvalue weighted by molar-refractivity contribution is 0.200. The Balaban J connectivity index is 2.61. The minimum absolute atomic E-state index is 0.799. The maximum atomic E-state index is 6.01. The molecule has 0 radical (unpaired) electrons. The Hall–Kier alpha value is -0.680. The van der Waals surface area contributed by atoms with Crippen molar-refractivity contribution in [3.05, 3.63) is 5.69 Å². The molecular weight excluding hydrogens is 222 g/mol. The molecule has 1 aromatic rings. The minimum Gasteiger partial charge on any atom is -0.395 e. The smallest absolute Gasteiger partial charge is 0.117 e. The highest BCUT2D eigenvalue weighted by atomic mass is 32.2. The standard InChI is InChI=1S/C11H21N3OS/c1-4-6-14-11(10(12)9(2)13-14)16-8-5-7-15-3/h4-8,12H2,1-3H3. The molecule has 2 N–H and O–H groups in total. The highest BCUT2D eigenvalue weighted by Gasteiger charge is 2.11. The van der Waals surface area contributed by atoms with Crippen LogP contribution in [-0.2, 0) is 11.3 Å². The average Bonchev–Trinajstić information content (AvgIpc) is 2.52. The Kier molecular flexibility index (Phi) is 5.69. The first kappa shape index (κ1) is 13.4. The molecular formula is C11H21N3OS. The van der Waals surface area contributed by atoms with Gasteiger partial charge >= 0.3 is 0 Å². The van der Waals surface area contributed by atoms with E-state index in [1.807, 2.05) is 11.6 Å². The first-order valence-corrected chi connectivity index (χ1v) is 6.63. The van der Waals surface area contributed by atoms with Gasteiger partial charge in [0.1, 0.15) is 5.03 Å². The number of nitrogen functional groups attached to an aromatic ring is 1. The average molecular weight is 243 g/mol. The molecule has 0 aliphatic carbocycles. The molecule has 16 heavy (non-hydrogen) atoms. The maximum Gasteiger partial charge on any atom is 0.117 e. The van der Waals surface area contributed by atoms with Crippen LogP contribution in [0.1, 0.15) is 25.5 Å². The van der Waals surface area contributed by atoms with Gasteiger partial charge in [0, 0.05) is 26.0 Å². The summed E-state index contributed by atoms with van der Waals surface area (Å²) in [5.74, 6) is 1.02. The van der Waals surface area contributed by atoms with Gasteiger partial charge in [0.2, 0.25) is 0 Å². The Morgan fingerprint density at radius 2 is 2.25 bits per heavy atom. The molecule has 0 spiro atoms. The number of hydrogen-bond donors (Lipinski definition) is 1. The molecule has 0 saturated carbocycles. The first-order valence-electron chi connectivity index (χ1n) is 5.65. The molecule has 0 aromatic carbocycles. The van der Waals surface area contributed by atoms with Gasteiger partial charge in [-0.1, -0.05) is 6.92 Å². The van der Waals surface area contributed by atoms with Crippen molar-refractivity contribution in [2.45, 2.75) is 38.3 Å². The van der Waals surface area contributed by atoms with E-state index in [1.54, 1.807) is 18.9 Å². The number of aromatic nitrogens is 2. The predicted octanol–water partition coefficient (Wildman–Crippen LogP) is 2.31. The molecule has 0 atom stereocenters. The largest absolute Gasteiger partial charge is 0.395 e. The summed E-state index contributed by atoms with van der Waals surface area (Å²) in [5.41, 5.74) is 7.78. The molecule has 1 aromatic heterocycles. The topological polar surface area (TPSA) is 53.1 Å². The molecule has 1 heterocycles. The van der Waals surface area contributed by atoms with Crippen LogP contribution in [0.3, 0.4) is 0 Å². The van der Waals surface area contributed by atoms with Gasteiger partial charge in [-0.05, 0) is 19.8 Å². The van der Waals surface area contributed by atoms with Gasteiger partial charge in [-0.25, -0.2) is 0 Å². The molecule has 0 bridgehead atoms. The lowest BCUT2D eigenvalue weighted by atomic mass is 10.4. The predicted molar refractivity (Wildman–Crippen MR) is 68.9 cm³/mol. The Morgan fingerprint density at radius 1 is 1.50 bits per heavy atom. The summed E-state index contributed by atoms with van der Waals surface area (Å²) in [5, 5.41) is 5.55. The molecule has 0 saturated heterocycles. The SMILES string of the molecule is CCCn1nc(C)c(N)c1SCCCOC. The van der Waals surface area contributed by atoms with Crippen LogP contribution in [0.4, 0.5) is 5.69 Å². The maximum absolute atomic E-state index is 6.01. The van der Waals surface area contributed by atoms with Crippen LogP contribution in [0.15, 0.2) is 5.03 Å². The van der Waals surface area contributed by atoms with Crippen molar-refractivity contribution in [3.63, 3.8) is 0 Å². The molecule has 4 nitrogen and oxygen atoms in total. The Bertz CT molecular complexity index is 325. The summed E-state index contributed by atoms with van der Waals surface area (Å²) in [7, 11) is 1.73. The second kappa shape index (κ2) is 6.81. The first-order chi connectivity index (χ1) is 7.70. The monoisotopic (exact) mass is 243 g/mol. The van der Waals surface area contributed by atoms with E-state index in [9.17, 15) is 0 Å². The Morgan fingerprint density at radius 3 is 2.88 bits per heavy atom. The number of rotatable bonds is 7. The van der Waals surface area contributed by atoms with Gasteiger partial charge in [0.05, 0.1) is 11.4 Å². The van der Waals surface area contributed by atoms with Gasteiger partial charge in [-0.2, -0.15) is 5.10 Å². The zero-order valence-corrected chi connectivity index (χ0v) is 11.1. The van der Waals surface area contributed by atoms with E-state index in [2.05, 4.69) is 12.0 Å². The zero-order chi connectivity index (χ0) is 12.0. The summed E-state index contributed by atoms with van der Waals surface area (Å²) in [6.07, 6.45) is 2.11. The van der Waals surface area contributed by atoms with E-state index < -0.39 is 0 Å². The van der Waals surface area contributed by atoms with Crippen molar-refractivity contribution >= 4 is 17.4 Å². The number of hydrogen-bond acceptors (Lipinski definition) is 4. The molecule has 0 amide bonds. The van der Waals surface area contributed by atoms with Gasteiger partial charge in [0.25, 0.3) is 0 Å². The number of methoxy groups -OCH3 is 1. The third-order valence-corrected chi connectivity index (χ3v) is 3.49. The quantitative estimate of drug-likeness (QED) is 0.590. The van der Waals surface area contributed by atoms with Crippen molar-refractivity contribution in [1.82, 2.24) is 9.78 Å². The third-order valence-electron chi connectivity index (χ3n) is 2.29. The molecule has 5 heteroatoms. The third kappa shape index (κ3) is 3.42. The van der Waals surface area contributed by atoms with Gasteiger partial charge in [-0.3, -0.25) is 4.68 Å². The van der Waals surface area contributed by atoms with Crippen LogP contribution in [0, 0.1) is 6.92 Å². The van der Waals surface area contributed by atoms with Gasteiger partial charge in [0.15, 0.2) is 0 Å². The second-order valence-corrected chi connectivity index (χ2v) is 4.81. The number of nitrogens with zero attached hydrogens (tertiary/aromatic N) is 2. The van der Waals surface area contributed by atoms with Crippen LogP contribution in [-0.4, -0.2) is 29.3 Å². The van der Waals surface area contributed by atoms with Crippen molar-refractivity contribution < 1.29 is 4.74 Å². The summed E-state index contributed by atoms with van der Waals surface area (Å²) in [6.45, 7) is 5.84. The normalized spacial score (nSPS) is 10.9. The second-order valence-electron chi connectivity index (χ2n) is 3.72. The van der Waals surface area contributed by atoms with E-state index >= 15 is 0 Å². The Labute approximate surface area is 102 Å². The van der Waals surface area contributed by atoms with Crippen molar-refractivity contribution in [2.75, 3.05) is 25.2 Å². The fourth-order valence-electron chi connectivity index (χ4n) is 1.46. The lowest BCUT2D eigenvalue weighted by Gasteiger charge is -2.06. The number of nitrogens with two attached hydrogens (primary N) is 1. The number of ether oxygens (including phenoxy) is 1. The molecule has 92 valence electrons. The highest BCUT2D eigenvalue weighted by molar-refractivity contribution is 7.99. The lowest BCUT2D eigenvalue weighted by Crippen LogP contribution is -2.02. The molecule has 0 unspecified atom stereocenters. The number of aryl methyl sites for hydroxylation is 2. The number of thioether (sulfide) groups is 1. The van der Waals surface area contributed by atoms with Crippen molar-refractivity contribution in [3.8, 4) is 0 Å². The number of anilines is 1. The summed E-state index contributed by atoms with van der Waals surface area (Å²) < 4.78 is 7.04. The summed E-state index contributed by atoms with van der Waals surface area (Å²) in [6, 6.07) is 0. The molecule has 1 rings (SSSR count). The van der Waals surface area contributed by atoms with E-state index in [0.717, 1.165) is 48.2 Å². The zero-order valence-electron chi connectivity index (χ0n) is 10.3. The molecule has 0 fully saturated rings. The van der Waals surface area contributed by atoms with E-state index in [1.165, 1.54) is 0 Å². The molecule has 0 aliphatic rings. The van der Waals surface area contributed by atoms with Gasteiger partial charge in [-0.15, -0.1) is 11.8 Å². The van der Waals surface area contributed by atoms with E-state index in [0.29, 0.717) is 0 Å². The van der Waals surface area contributed by atoms with E-state index in [-0.39, 0.29) is 0 Å². The summed E-state index contributed by atoms with van der Waals surface area (Å²) >= 11 is 1.77. The van der Waals surface area contributed by atoms with Crippen LogP contribution < -0.4 is 5.73 Å². The van der Waals surface area contributed by atoms with E-state index in [4.69, 9.17) is 10.5 Å². The van der Waals surface area contributed by atoms with Crippen LogP contribution >= 0.6 is 11.8 Å². The van der Waals surface area contributed by atoms with Crippen LogP contribution in [0.2, 0.25) is 0 Å². The van der Waals surface area contributed by atoms with Crippen LogP contribution in [0.25, 0.3) is 0 Å². The highest BCUT2D eigenvalue weighted by Crippen LogP contribution is 2.28. The summed E-state index contributed by atoms with van der Waals surface area (Å²) in [4.78, 5) is 0. The molecule has 0 aliphatic heterocycles. The fraction of sp³-hybridized carbons (Fsp3) is 0.727. The fourth-order valence-corrected chi connectivity index (χ4v) is 2.50. The van der Waals surface area contributed by atoms with Crippen LogP contribution in [0.5, 0.6) is 0 Å². The van der Waals surface area contributed by atoms with Crippen molar-refractivity contribution in [2.24, 2.45) is 0 Å².